The Hall–Kier alpha value is -0.450. The maximum atomic E-state index is 4.13. The fourth-order valence-electron chi connectivity index (χ4n) is 2.45. The molecule has 0 radical (unpaired) electrons. The van der Waals surface area contributed by atoms with Gasteiger partial charge in [0.2, 0.25) is 0 Å². The molecule has 4 heteroatoms. The predicted molar refractivity (Wildman–Crippen MR) is 68.8 cm³/mol. The van der Waals surface area contributed by atoms with Gasteiger partial charge in [-0.1, -0.05) is 0 Å². The lowest BCUT2D eigenvalue weighted by molar-refractivity contribution is 0.291. The van der Waals surface area contributed by atoms with E-state index in [1.54, 1.807) is 11.3 Å². The average molecular weight is 239 g/mol. The molecule has 3 unspecified atom stereocenters. The molecule has 16 heavy (non-hydrogen) atoms. The number of nitrogens with zero attached hydrogens (tertiary/aromatic N) is 2. The molecule has 1 fully saturated rings. The molecule has 1 aromatic rings. The van der Waals surface area contributed by atoms with Gasteiger partial charge in [0.25, 0.3) is 0 Å². The SMILES string of the molecule is CC(NC1CCC(N(C)C)C1)c1cncs1. The summed E-state index contributed by atoms with van der Waals surface area (Å²) in [5.41, 5.74) is 1.91. The van der Waals surface area contributed by atoms with Crippen LogP contribution in [0.2, 0.25) is 0 Å². The van der Waals surface area contributed by atoms with Crippen molar-refractivity contribution in [2.24, 2.45) is 0 Å². The molecule has 3 nitrogen and oxygen atoms in total. The first kappa shape index (κ1) is 12.0. The summed E-state index contributed by atoms with van der Waals surface area (Å²) in [5, 5.41) is 3.71. The van der Waals surface area contributed by atoms with Crippen molar-refractivity contribution in [3.8, 4) is 0 Å². The van der Waals surface area contributed by atoms with Crippen molar-refractivity contribution in [1.82, 2.24) is 15.2 Å². The highest BCUT2D eigenvalue weighted by Crippen LogP contribution is 2.25. The Morgan fingerprint density at radius 1 is 1.50 bits per heavy atom. The Morgan fingerprint density at radius 3 is 2.88 bits per heavy atom. The summed E-state index contributed by atoms with van der Waals surface area (Å²) < 4.78 is 0. The van der Waals surface area contributed by atoms with Crippen LogP contribution in [0.4, 0.5) is 0 Å². The summed E-state index contributed by atoms with van der Waals surface area (Å²) in [6, 6.07) is 1.87. The quantitative estimate of drug-likeness (QED) is 0.873. The Kier molecular flexibility index (Phi) is 3.95. The Morgan fingerprint density at radius 2 is 2.31 bits per heavy atom. The van der Waals surface area contributed by atoms with E-state index in [4.69, 9.17) is 0 Å². The topological polar surface area (TPSA) is 28.2 Å². The molecule has 0 aliphatic heterocycles. The van der Waals surface area contributed by atoms with Crippen LogP contribution in [0.3, 0.4) is 0 Å². The number of hydrogen-bond donors (Lipinski definition) is 1. The summed E-state index contributed by atoms with van der Waals surface area (Å²) in [4.78, 5) is 7.82. The van der Waals surface area contributed by atoms with Gasteiger partial charge in [-0.3, -0.25) is 4.98 Å². The van der Waals surface area contributed by atoms with E-state index in [1.165, 1.54) is 24.1 Å². The molecule has 1 aliphatic carbocycles. The van der Waals surface area contributed by atoms with Gasteiger partial charge in [-0.05, 0) is 40.3 Å². The summed E-state index contributed by atoms with van der Waals surface area (Å²) >= 11 is 1.74. The number of nitrogens with one attached hydrogen (secondary N) is 1. The molecule has 0 spiro atoms. The molecule has 0 saturated heterocycles. The lowest BCUT2D eigenvalue weighted by Gasteiger charge is -2.21. The maximum Gasteiger partial charge on any atom is 0.0794 e. The maximum absolute atomic E-state index is 4.13. The first-order chi connectivity index (χ1) is 7.66. The highest BCUT2D eigenvalue weighted by atomic mass is 32.1. The summed E-state index contributed by atoms with van der Waals surface area (Å²) in [6.07, 6.45) is 5.86. The van der Waals surface area contributed by atoms with Crippen molar-refractivity contribution >= 4 is 11.3 Å². The second kappa shape index (κ2) is 5.25. The summed E-state index contributed by atoms with van der Waals surface area (Å²) in [5.74, 6) is 0. The third kappa shape index (κ3) is 2.81. The molecular formula is C12H21N3S. The largest absolute Gasteiger partial charge is 0.307 e. The van der Waals surface area contributed by atoms with Gasteiger partial charge in [0.15, 0.2) is 0 Å². The fraction of sp³-hybridized carbons (Fsp3) is 0.750. The third-order valence-corrected chi connectivity index (χ3v) is 4.46. The molecule has 2 rings (SSSR count). The van der Waals surface area contributed by atoms with Crippen LogP contribution in [0.15, 0.2) is 11.7 Å². The van der Waals surface area contributed by atoms with Crippen LogP contribution in [0.25, 0.3) is 0 Å². The third-order valence-electron chi connectivity index (χ3n) is 3.50. The van der Waals surface area contributed by atoms with Gasteiger partial charge in [0, 0.05) is 29.2 Å². The standard InChI is InChI=1S/C12H21N3S/c1-9(12-7-13-8-16-12)14-10-4-5-11(6-10)15(2)3/h7-11,14H,4-6H2,1-3H3. The normalized spacial score (nSPS) is 27.5. The van der Waals surface area contributed by atoms with E-state index in [9.17, 15) is 0 Å². The zero-order valence-corrected chi connectivity index (χ0v) is 11.1. The van der Waals surface area contributed by atoms with Gasteiger partial charge < -0.3 is 10.2 Å². The number of rotatable bonds is 4. The molecule has 1 aromatic heterocycles. The minimum Gasteiger partial charge on any atom is -0.307 e. The second-order valence-electron chi connectivity index (χ2n) is 4.92. The first-order valence-electron chi connectivity index (χ1n) is 5.97. The van der Waals surface area contributed by atoms with Gasteiger partial charge in [0.05, 0.1) is 5.51 Å². The van der Waals surface area contributed by atoms with Crippen LogP contribution in [-0.4, -0.2) is 36.1 Å². The van der Waals surface area contributed by atoms with E-state index in [-0.39, 0.29) is 0 Å². The van der Waals surface area contributed by atoms with Crippen LogP contribution in [0, 0.1) is 0 Å². The monoisotopic (exact) mass is 239 g/mol. The highest BCUT2D eigenvalue weighted by Gasteiger charge is 2.27. The molecule has 1 saturated carbocycles. The molecule has 1 N–H and O–H groups in total. The molecule has 0 aromatic carbocycles. The zero-order valence-electron chi connectivity index (χ0n) is 10.3. The molecule has 0 bridgehead atoms. The predicted octanol–water partition coefficient (Wildman–Crippen LogP) is 2.28. The van der Waals surface area contributed by atoms with E-state index in [1.807, 2.05) is 11.7 Å². The minimum absolute atomic E-state index is 0.443. The Bertz CT molecular complexity index is 310. The van der Waals surface area contributed by atoms with Gasteiger partial charge in [-0.25, -0.2) is 0 Å². The summed E-state index contributed by atoms with van der Waals surface area (Å²) in [6.45, 7) is 2.23. The van der Waals surface area contributed by atoms with Crippen molar-refractivity contribution in [2.45, 2.75) is 44.3 Å². The number of thiazole rings is 1. The second-order valence-corrected chi connectivity index (χ2v) is 5.84. The van der Waals surface area contributed by atoms with Crippen LogP contribution in [0.1, 0.15) is 37.1 Å². The molecule has 90 valence electrons. The van der Waals surface area contributed by atoms with Crippen molar-refractivity contribution in [3.05, 3.63) is 16.6 Å². The van der Waals surface area contributed by atoms with Crippen molar-refractivity contribution in [2.75, 3.05) is 14.1 Å². The molecular weight excluding hydrogens is 218 g/mol. The van der Waals surface area contributed by atoms with Crippen LogP contribution >= 0.6 is 11.3 Å². The average Bonchev–Trinajstić information content (AvgIpc) is 2.87. The number of aromatic nitrogens is 1. The van der Waals surface area contributed by atoms with E-state index in [0.29, 0.717) is 12.1 Å². The smallest absolute Gasteiger partial charge is 0.0794 e. The Balaban J connectivity index is 1.83. The molecule has 1 heterocycles. The van der Waals surface area contributed by atoms with Crippen LogP contribution in [-0.2, 0) is 0 Å². The van der Waals surface area contributed by atoms with E-state index < -0.39 is 0 Å². The minimum atomic E-state index is 0.443. The fourth-order valence-corrected chi connectivity index (χ4v) is 3.09. The lowest BCUT2D eigenvalue weighted by Crippen LogP contribution is -2.32. The van der Waals surface area contributed by atoms with Crippen LogP contribution in [0.5, 0.6) is 0 Å². The lowest BCUT2D eigenvalue weighted by atomic mass is 10.2. The Labute approximate surface area is 102 Å². The van der Waals surface area contributed by atoms with Crippen LogP contribution < -0.4 is 5.32 Å². The van der Waals surface area contributed by atoms with Gasteiger partial charge >= 0.3 is 0 Å². The van der Waals surface area contributed by atoms with E-state index >= 15 is 0 Å². The van der Waals surface area contributed by atoms with Gasteiger partial charge in [0.1, 0.15) is 0 Å². The van der Waals surface area contributed by atoms with Crippen molar-refractivity contribution < 1.29 is 0 Å². The molecule has 1 aliphatic rings. The zero-order chi connectivity index (χ0) is 11.5. The summed E-state index contributed by atoms with van der Waals surface area (Å²) in [7, 11) is 4.36. The van der Waals surface area contributed by atoms with Crippen molar-refractivity contribution in [1.29, 1.82) is 0 Å². The van der Waals surface area contributed by atoms with Crippen molar-refractivity contribution in [3.63, 3.8) is 0 Å². The number of hydrogen-bond acceptors (Lipinski definition) is 4. The highest BCUT2D eigenvalue weighted by molar-refractivity contribution is 7.09. The molecule has 3 atom stereocenters. The first-order valence-corrected chi connectivity index (χ1v) is 6.85. The van der Waals surface area contributed by atoms with Gasteiger partial charge in [-0.2, -0.15) is 0 Å². The van der Waals surface area contributed by atoms with E-state index in [0.717, 1.165) is 6.04 Å². The van der Waals surface area contributed by atoms with E-state index in [2.05, 4.69) is 36.2 Å². The van der Waals surface area contributed by atoms with Gasteiger partial charge in [-0.15, -0.1) is 11.3 Å². The molecule has 0 amide bonds.